The fraction of sp³-hybridized carbons (Fsp3) is 0.500. The predicted molar refractivity (Wildman–Crippen MR) is 72.4 cm³/mol. The molecule has 0 saturated carbocycles. The SMILES string of the molecule is COc1ccc(OC)c(CC(=O)N2CC[C@@H](N)C2)c1. The average Bonchev–Trinajstić information content (AvgIpc) is 2.85. The Bertz CT molecular complexity index is 462. The van der Waals surface area contributed by atoms with Gasteiger partial charge in [-0.3, -0.25) is 4.79 Å². The summed E-state index contributed by atoms with van der Waals surface area (Å²) in [7, 11) is 3.20. The number of benzene rings is 1. The summed E-state index contributed by atoms with van der Waals surface area (Å²) in [5, 5.41) is 0. The molecule has 0 unspecified atom stereocenters. The van der Waals surface area contributed by atoms with Gasteiger partial charge in [-0.05, 0) is 24.6 Å². The standard InChI is InChI=1S/C14H20N2O3/c1-18-12-3-4-13(19-2)10(7-12)8-14(17)16-6-5-11(15)9-16/h3-4,7,11H,5-6,8-9,15H2,1-2H3/t11-/m1/s1. The van der Waals surface area contributed by atoms with Crippen molar-refractivity contribution in [2.45, 2.75) is 18.9 Å². The molecule has 104 valence electrons. The van der Waals surface area contributed by atoms with Crippen LogP contribution >= 0.6 is 0 Å². The van der Waals surface area contributed by atoms with Gasteiger partial charge in [0.05, 0.1) is 20.6 Å². The zero-order valence-corrected chi connectivity index (χ0v) is 11.4. The van der Waals surface area contributed by atoms with Crippen molar-refractivity contribution >= 4 is 5.91 Å². The van der Waals surface area contributed by atoms with E-state index in [-0.39, 0.29) is 11.9 Å². The molecule has 1 saturated heterocycles. The molecular weight excluding hydrogens is 244 g/mol. The highest BCUT2D eigenvalue weighted by molar-refractivity contribution is 5.80. The number of nitrogens with zero attached hydrogens (tertiary/aromatic N) is 1. The molecule has 1 fully saturated rings. The van der Waals surface area contributed by atoms with E-state index in [1.165, 1.54) is 0 Å². The second kappa shape index (κ2) is 5.93. The van der Waals surface area contributed by atoms with E-state index < -0.39 is 0 Å². The van der Waals surface area contributed by atoms with Crippen molar-refractivity contribution in [3.63, 3.8) is 0 Å². The summed E-state index contributed by atoms with van der Waals surface area (Å²) in [5.74, 6) is 1.51. The second-order valence-electron chi connectivity index (χ2n) is 4.74. The summed E-state index contributed by atoms with van der Waals surface area (Å²) in [6, 6.07) is 5.58. The van der Waals surface area contributed by atoms with Gasteiger partial charge in [0.2, 0.25) is 5.91 Å². The van der Waals surface area contributed by atoms with Crippen molar-refractivity contribution in [1.82, 2.24) is 4.90 Å². The summed E-state index contributed by atoms with van der Waals surface area (Å²) >= 11 is 0. The van der Waals surface area contributed by atoms with Crippen LogP contribution < -0.4 is 15.2 Å². The maximum Gasteiger partial charge on any atom is 0.227 e. The molecule has 1 heterocycles. The number of likely N-dealkylation sites (tertiary alicyclic amines) is 1. The van der Waals surface area contributed by atoms with Crippen molar-refractivity contribution in [2.75, 3.05) is 27.3 Å². The van der Waals surface area contributed by atoms with Gasteiger partial charge in [0.15, 0.2) is 0 Å². The van der Waals surface area contributed by atoms with Crippen LogP contribution in [0.2, 0.25) is 0 Å². The third kappa shape index (κ3) is 3.17. The van der Waals surface area contributed by atoms with Crippen molar-refractivity contribution in [3.05, 3.63) is 23.8 Å². The Kier molecular flexibility index (Phi) is 4.27. The molecule has 1 amide bonds. The van der Waals surface area contributed by atoms with Crippen LogP contribution in [0.3, 0.4) is 0 Å². The van der Waals surface area contributed by atoms with Gasteiger partial charge in [-0.25, -0.2) is 0 Å². The summed E-state index contributed by atoms with van der Waals surface area (Å²) in [4.78, 5) is 14.0. The van der Waals surface area contributed by atoms with E-state index in [0.29, 0.717) is 18.7 Å². The zero-order valence-electron chi connectivity index (χ0n) is 11.4. The maximum absolute atomic E-state index is 12.2. The number of hydrogen-bond acceptors (Lipinski definition) is 4. The third-order valence-corrected chi connectivity index (χ3v) is 3.41. The van der Waals surface area contributed by atoms with Gasteiger partial charge in [0, 0.05) is 24.7 Å². The zero-order chi connectivity index (χ0) is 13.8. The summed E-state index contributed by atoms with van der Waals surface area (Å²) in [5.41, 5.74) is 6.66. The lowest BCUT2D eigenvalue weighted by atomic mass is 10.1. The van der Waals surface area contributed by atoms with E-state index >= 15 is 0 Å². The molecule has 0 spiro atoms. The van der Waals surface area contributed by atoms with Crippen LogP contribution in [0.15, 0.2) is 18.2 Å². The van der Waals surface area contributed by atoms with Gasteiger partial charge in [-0.2, -0.15) is 0 Å². The number of carbonyl (C=O) groups is 1. The van der Waals surface area contributed by atoms with Gasteiger partial charge in [-0.1, -0.05) is 0 Å². The molecule has 0 radical (unpaired) electrons. The molecule has 5 heteroatoms. The van der Waals surface area contributed by atoms with E-state index in [1.807, 2.05) is 23.1 Å². The molecule has 19 heavy (non-hydrogen) atoms. The molecule has 1 atom stereocenters. The number of methoxy groups -OCH3 is 2. The lowest BCUT2D eigenvalue weighted by Crippen LogP contribution is -2.33. The minimum Gasteiger partial charge on any atom is -0.497 e. The summed E-state index contributed by atoms with van der Waals surface area (Å²) in [6.45, 7) is 1.39. The first-order valence-corrected chi connectivity index (χ1v) is 6.38. The molecule has 0 aliphatic carbocycles. The lowest BCUT2D eigenvalue weighted by Gasteiger charge is -2.17. The van der Waals surface area contributed by atoms with Crippen molar-refractivity contribution in [1.29, 1.82) is 0 Å². The van der Waals surface area contributed by atoms with Crippen LogP contribution in [0.5, 0.6) is 11.5 Å². The Morgan fingerprint density at radius 3 is 2.79 bits per heavy atom. The first-order valence-electron chi connectivity index (χ1n) is 6.38. The molecule has 0 aromatic heterocycles. The Hall–Kier alpha value is -1.75. The number of ether oxygens (including phenoxy) is 2. The quantitative estimate of drug-likeness (QED) is 0.874. The molecule has 1 aliphatic rings. The molecule has 2 N–H and O–H groups in total. The lowest BCUT2D eigenvalue weighted by molar-refractivity contribution is -0.129. The Morgan fingerprint density at radius 2 is 2.21 bits per heavy atom. The largest absolute Gasteiger partial charge is 0.497 e. The van der Waals surface area contributed by atoms with Crippen LogP contribution in [-0.4, -0.2) is 44.2 Å². The average molecular weight is 264 g/mol. The normalized spacial score (nSPS) is 18.5. The number of hydrogen-bond donors (Lipinski definition) is 1. The maximum atomic E-state index is 12.2. The fourth-order valence-corrected chi connectivity index (χ4v) is 2.31. The second-order valence-corrected chi connectivity index (χ2v) is 4.74. The highest BCUT2D eigenvalue weighted by Crippen LogP contribution is 2.25. The van der Waals surface area contributed by atoms with E-state index in [0.717, 1.165) is 24.3 Å². The van der Waals surface area contributed by atoms with E-state index in [4.69, 9.17) is 15.2 Å². The van der Waals surface area contributed by atoms with Crippen LogP contribution in [0.4, 0.5) is 0 Å². The Labute approximate surface area is 113 Å². The van der Waals surface area contributed by atoms with Crippen LogP contribution in [0, 0.1) is 0 Å². The number of carbonyl (C=O) groups excluding carboxylic acids is 1. The van der Waals surface area contributed by atoms with E-state index in [2.05, 4.69) is 0 Å². The summed E-state index contributed by atoms with van der Waals surface area (Å²) in [6.07, 6.45) is 1.19. The van der Waals surface area contributed by atoms with Gasteiger partial charge in [0.1, 0.15) is 11.5 Å². The smallest absolute Gasteiger partial charge is 0.227 e. The van der Waals surface area contributed by atoms with Crippen LogP contribution in [0.25, 0.3) is 0 Å². The highest BCUT2D eigenvalue weighted by Gasteiger charge is 2.24. The molecular formula is C14H20N2O3. The number of nitrogens with two attached hydrogens (primary N) is 1. The highest BCUT2D eigenvalue weighted by atomic mass is 16.5. The first kappa shape index (κ1) is 13.7. The Morgan fingerprint density at radius 1 is 1.42 bits per heavy atom. The Balaban J connectivity index is 2.11. The van der Waals surface area contributed by atoms with Crippen molar-refractivity contribution in [2.24, 2.45) is 5.73 Å². The molecule has 1 aliphatic heterocycles. The fourth-order valence-electron chi connectivity index (χ4n) is 2.31. The molecule has 1 aromatic rings. The predicted octanol–water partition coefficient (Wildman–Crippen LogP) is 0.806. The number of amides is 1. The molecule has 1 aromatic carbocycles. The molecule has 2 rings (SSSR count). The molecule has 5 nitrogen and oxygen atoms in total. The number of rotatable bonds is 4. The minimum atomic E-state index is 0.0829. The van der Waals surface area contributed by atoms with Gasteiger partial charge in [0.25, 0.3) is 0 Å². The third-order valence-electron chi connectivity index (χ3n) is 3.41. The minimum absolute atomic E-state index is 0.0829. The van der Waals surface area contributed by atoms with Crippen LogP contribution in [-0.2, 0) is 11.2 Å². The van der Waals surface area contributed by atoms with Gasteiger partial charge < -0.3 is 20.1 Å². The monoisotopic (exact) mass is 264 g/mol. The van der Waals surface area contributed by atoms with E-state index in [9.17, 15) is 4.79 Å². The van der Waals surface area contributed by atoms with Crippen molar-refractivity contribution in [3.8, 4) is 11.5 Å². The van der Waals surface area contributed by atoms with Gasteiger partial charge in [-0.15, -0.1) is 0 Å². The van der Waals surface area contributed by atoms with Gasteiger partial charge >= 0.3 is 0 Å². The van der Waals surface area contributed by atoms with Crippen LogP contribution in [0.1, 0.15) is 12.0 Å². The molecule has 0 bridgehead atoms. The van der Waals surface area contributed by atoms with E-state index in [1.54, 1.807) is 14.2 Å². The van der Waals surface area contributed by atoms with Crippen molar-refractivity contribution < 1.29 is 14.3 Å². The first-order chi connectivity index (χ1) is 9.13. The topological polar surface area (TPSA) is 64.8 Å². The summed E-state index contributed by atoms with van der Waals surface area (Å²) < 4.78 is 10.5.